The van der Waals surface area contributed by atoms with Crippen molar-refractivity contribution < 1.29 is 44.2 Å². The first-order chi connectivity index (χ1) is 14.2. The van der Waals surface area contributed by atoms with E-state index in [4.69, 9.17) is 9.72 Å². The number of ether oxygens (including phenoxy) is 1. The van der Waals surface area contributed by atoms with Crippen LogP contribution in [0.1, 0.15) is 32.1 Å². The van der Waals surface area contributed by atoms with Crippen LogP contribution in [0.15, 0.2) is 60.0 Å². The summed E-state index contributed by atoms with van der Waals surface area (Å²) < 4.78 is 5.85. The fraction of sp³-hybridized carbons (Fsp3) is 0.304. The molecule has 0 bridgehead atoms. The summed E-state index contributed by atoms with van der Waals surface area (Å²) in [5.74, 6) is 0.562. The number of thiazole rings is 1. The minimum atomic E-state index is -1.02. The van der Waals surface area contributed by atoms with Crippen molar-refractivity contribution in [2.24, 2.45) is 0 Å². The predicted molar refractivity (Wildman–Crippen MR) is 113 cm³/mol. The molecule has 0 radical (unpaired) electrons. The maximum atomic E-state index is 11.0. The number of anilines is 1. The number of para-hydroxylation sites is 1. The van der Waals surface area contributed by atoms with Crippen molar-refractivity contribution in [2.45, 2.75) is 38.1 Å². The second kappa shape index (κ2) is 11.0. The molecule has 5 nitrogen and oxygen atoms in total. The molecule has 7 heteroatoms. The van der Waals surface area contributed by atoms with Crippen LogP contribution >= 0.6 is 11.3 Å². The summed E-state index contributed by atoms with van der Waals surface area (Å²) in [6.07, 6.45) is 4.58. The summed E-state index contributed by atoms with van der Waals surface area (Å²) in [6.45, 7) is 0.448. The first-order valence-electron chi connectivity index (χ1n) is 9.94. The van der Waals surface area contributed by atoms with Crippen LogP contribution in [0.4, 0.5) is 5.13 Å². The molecular weight excluding hydrogens is 407 g/mol. The Morgan fingerprint density at radius 3 is 2.40 bits per heavy atom. The Bertz CT molecular complexity index is 941. The third kappa shape index (κ3) is 5.85. The van der Waals surface area contributed by atoms with Crippen molar-refractivity contribution in [1.29, 1.82) is 0 Å². The Morgan fingerprint density at radius 2 is 1.73 bits per heavy atom. The molecule has 2 aromatic carbocycles. The summed E-state index contributed by atoms with van der Waals surface area (Å²) in [5, 5.41) is 13.9. The van der Waals surface area contributed by atoms with Gasteiger partial charge in [0, 0.05) is 35.9 Å². The molecule has 3 aromatic rings. The summed E-state index contributed by atoms with van der Waals surface area (Å²) in [4.78, 5) is 17.9. The molecule has 1 fully saturated rings. The van der Waals surface area contributed by atoms with E-state index in [0.29, 0.717) is 12.6 Å². The van der Waals surface area contributed by atoms with Gasteiger partial charge >= 0.3 is 29.6 Å². The molecule has 0 spiro atoms. The smallest absolute Gasteiger partial charge is 0.550 e. The van der Waals surface area contributed by atoms with Gasteiger partial charge in [0.15, 0.2) is 5.13 Å². The van der Waals surface area contributed by atoms with E-state index in [2.05, 4.69) is 4.90 Å². The van der Waals surface area contributed by atoms with E-state index >= 15 is 0 Å². The molecule has 4 rings (SSSR count). The van der Waals surface area contributed by atoms with Gasteiger partial charge in [-0.05, 0) is 49.2 Å². The van der Waals surface area contributed by atoms with Gasteiger partial charge in [-0.1, -0.05) is 31.0 Å². The van der Waals surface area contributed by atoms with E-state index in [9.17, 15) is 9.90 Å². The molecule has 0 N–H and O–H groups in total. The Kier molecular flexibility index (Phi) is 8.33. The maximum absolute atomic E-state index is 11.0. The Balaban J connectivity index is 0.00000256. The largest absolute Gasteiger partial charge is 1.00 e. The number of hydrogen-bond acceptors (Lipinski definition) is 6. The predicted octanol–water partition coefficient (Wildman–Crippen LogP) is 1.50. The van der Waals surface area contributed by atoms with Gasteiger partial charge in [0.1, 0.15) is 11.5 Å². The Morgan fingerprint density at radius 1 is 1.07 bits per heavy atom. The minimum Gasteiger partial charge on any atom is -0.550 e. The summed E-state index contributed by atoms with van der Waals surface area (Å²) in [5.41, 5.74) is 1.91. The first kappa shape index (κ1) is 22.8. The van der Waals surface area contributed by atoms with E-state index in [-0.39, 0.29) is 36.0 Å². The third-order valence-electron chi connectivity index (χ3n) is 5.19. The number of aliphatic carboxylic acids is 1. The number of carboxylic acids is 1. The van der Waals surface area contributed by atoms with Gasteiger partial charge < -0.3 is 19.5 Å². The number of benzene rings is 2. The Labute approximate surface area is 203 Å². The third-order valence-corrected chi connectivity index (χ3v) is 6.07. The molecule has 0 unspecified atom stereocenters. The number of aromatic nitrogens is 1. The van der Waals surface area contributed by atoms with Crippen molar-refractivity contribution in [3.63, 3.8) is 0 Å². The molecule has 1 aliphatic rings. The molecule has 1 heterocycles. The number of carbonyl (C=O) groups is 1. The SMILES string of the molecule is O=C([O-])CCN(c1nc(-c2ccc(Oc3ccccc3)cc2)cs1)C1CCCC1.[Na+]. The van der Waals surface area contributed by atoms with Crippen molar-refractivity contribution in [1.82, 2.24) is 4.98 Å². The van der Waals surface area contributed by atoms with Crippen LogP contribution in [-0.4, -0.2) is 23.5 Å². The first-order valence-corrected chi connectivity index (χ1v) is 10.8. The normalized spacial score (nSPS) is 13.6. The zero-order valence-electron chi connectivity index (χ0n) is 17.1. The second-order valence-corrected chi connectivity index (χ2v) is 8.05. The molecule has 0 atom stereocenters. The van der Waals surface area contributed by atoms with Crippen LogP contribution in [0.2, 0.25) is 0 Å². The van der Waals surface area contributed by atoms with Crippen molar-refractivity contribution in [3.05, 3.63) is 60.0 Å². The van der Waals surface area contributed by atoms with Crippen LogP contribution in [-0.2, 0) is 4.79 Å². The van der Waals surface area contributed by atoms with Gasteiger partial charge in [-0.25, -0.2) is 4.98 Å². The number of hydrogen-bond donors (Lipinski definition) is 0. The van der Waals surface area contributed by atoms with Gasteiger partial charge in [0.25, 0.3) is 0 Å². The molecular formula is C23H23N2NaO3S. The monoisotopic (exact) mass is 430 g/mol. The van der Waals surface area contributed by atoms with E-state index < -0.39 is 5.97 Å². The number of carbonyl (C=O) groups excluding carboxylic acids is 1. The van der Waals surface area contributed by atoms with E-state index in [0.717, 1.165) is 40.7 Å². The maximum Gasteiger partial charge on any atom is 1.00 e. The van der Waals surface area contributed by atoms with Crippen LogP contribution in [0.3, 0.4) is 0 Å². The fourth-order valence-corrected chi connectivity index (χ4v) is 4.64. The zero-order valence-corrected chi connectivity index (χ0v) is 19.9. The Hall–Kier alpha value is -1.86. The van der Waals surface area contributed by atoms with Gasteiger partial charge in [0.05, 0.1) is 5.69 Å². The molecule has 0 saturated heterocycles. The van der Waals surface area contributed by atoms with Crippen molar-refractivity contribution in [2.75, 3.05) is 11.4 Å². The fourth-order valence-electron chi connectivity index (χ4n) is 3.71. The molecule has 0 aliphatic heterocycles. The summed E-state index contributed by atoms with van der Waals surface area (Å²) in [6, 6.07) is 17.9. The average Bonchev–Trinajstić information content (AvgIpc) is 3.42. The van der Waals surface area contributed by atoms with E-state index in [1.54, 1.807) is 11.3 Å². The van der Waals surface area contributed by atoms with Gasteiger partial charge in [-0.15, -0.1) is 11.3 Å². The summed E-state index contributed by atoms with van der Waals surface area (Å²) in [7, 11) is 0. The minimum absolute atomic E-state index is 0. The second-order valence-electron chi connectivity index (χ2n) is 7.21. The van der Waals surface area contributed by atoms with Crippen LogP contribution in [0.25, 0.3) is 11.3 Å². The topological polar surface area (TPSA) is 65.5 Å². The number of carboxylic acid groups (broad SMARTS) is 1. The molecule has 1 aromatic heterocycles. The van der Waals surface area contributed by atoms with Crippen molar-refractivity contribution in [3.8, 4) is 22.8 Å². The van der Waals surface area contributed by atoms with Gasteiger partial charge in [0.2, 0.25) is 0 Å². The standard InChI is InChI=1S/C23H24N2O3S.Na/c26-22(27)14-15-25(18-6-4-5-7-18)23-24-21(16-29-23)17-10-12-20(13-11-17)28-19-8-2-1-3-9-19;/h1-3,8-13,16,18H,4-7,14-15H2,(H,26,27);/q;+1/p-1. The van der Waals surface area contributed by atoms with Gasteiger partial charge in [-0.3, -0.25) is 0 Å². The molecule has 0 amide bonds. The van der Waals surface area contributed by atoms with E-state index in [1.165, 1.54) is 12.8 Å². The van der Waals surface area contributed by atoms with Gasteiger partial charge in [-0.2, -0.15) is 0 Å². The van der Waals surface area contributed by atoms with Crippen LogP contribution in [0, 0.1) is 0 Å². The average molecular weight is 431 g/mol. The quantitative estimate of drug-likeness (QED) is 0.507. The van der Waals surface area contributed by atoms with Crippen molar-refractivity contribution >= 4 is 22.4 Å². The van der Waals surface area contributed by atoms with Crippen LogP contribution < -0.4 is 44.3 Å². The number of rotatable bonds is 8. The molecule has 1 saturated carbocycles. The summed E-state index contributed by atoms with van der Waals surface area (Å²) >= 11 is 1.57. The number of nitrogens with zero attached hydrogens (tertiary/aromatic N) is 2. The van der Waals surface area contributed by atoms with E-state index in [1.807, 2.05) is 60.0 Å². The van der Waals surface area contributed by atoms with Crippen LogP contribution in [0.5, 0.6) is 11.5 Å². The molecule has 30 heavy (non-hydrogen) atoms. The zero-order chi connectivity index (χ0) is 20.1. The molecule has 1 aliphatic carbocycles. The molecule has 150 valence electrons.